The molecule has 9 heteroatoms. The van der Waals surface area contributed by atoms with E-state index in [0.29, 0.717) is 21.4 Å². The third kappa shape index (κ3) is 6.03. The lowest BCUT2D eigenvalue weighted by molar-refractivity contribution is -0.119. The van der Waals surface area contributed by atoms with Gasteiger partial charge in [0, 0.05) is 16.6 Å². The smallest absolute Gasteiger partial charge is 0.238 e. The second kappa shape index (κ2) is 10.0. The first-order valence-electron chi connectivity index (χ1n) is 9.06. The molecule has 0 aliphatic heterocycles. The highest BCUT2D eigenvalue weighted by Gasteiger charge is 2.14. The average Bonchev–Trinajstić information content (AvgIpc) is 3.11. The number of rotatable bonds is 7. The van der Waals surface area contributed by atoms with E-state index in [1.54, 1.807) is 41.5 Å². The van der Waals surface area contributed by atoms with Gasteiger partial charge in [-0.2, -0.15) is 0 Å². The van der Waals surface area contributed by atoms with Crippen LogP contribution in [0, 0.1) is 6.92 Å². The van der Waals surface area contributed by atoms with E-state index in [0.717, 1.165) is 16.3 Å². The first-order valence-corrected chi connectivity index (χ1v) is 10.7. The molecular formula is C21H20Cl2N4O2S. The Bertz CT molecular complexity index is 1050. The molecule has 0 saturated heterocycles. The van der Waals surface area contributed by atoms with Crippen LogP contribution in [0.2, 0.25) is 10.0 Å². The van der Waals surface area contributed by atoms with Crippen LogP contribution < -0.4 is 10.6 Å². The molecule has 0 aliphatic carbocycles. The molecule has 0 aliphatic rings. The van der Waals surface area contributed by atoms with Gasteiger partial charge in [0.15, 0.2) is 0 Å². The molecular weight excluding hydrogens is 443 g/mol. The van der Waals surface area contributed by atoms with Crippen LogP contribution in [0.4, 0.5) is 11.4 Å². The molecule has 2 N–H and O–H groups in total. The minimum absolute atomic E-state index is 0.00706. The maximum Gasteiger partial charge on any atom is 0.238 e. The Balaban J connectivity index is 1.54. The number of nitrogens with one attached hydrogen (secondary N) is 2. The van der Waals surface area contributed by atoms with Crippen LogP contribution in [0.5, 0.6) is 0 Å². The van der Waals surface area contributed by atoms with Crippen LogP contribution in [-0.4, -0.2) is 41.8 Å². The number of thiazole rings is 1. The van der Waals surface area contributed by atoms with E-state index in [2.05, 4.69) is 15.6 Å². The maximum atomic E-state index is 12.4. The van der Waals surface area contributed by atoms with Crippen molar-refractivity contribution in [3.05, 3.63) is 62.9 Å². The van der Waals surface area contributed by atoms with Gasteiger partial charge in [0.1, 0.15) is 0 Å². The first-order chi connectivity index (χ1) is 14.3. The molecule has 0 fully saturated rings. The zero-order valence-electron chi connectivity index (χ0n) is 16.4. The number of benzene rings is 2. The molecule has 1 aromatic heterocycles. The highest BCUT2D eigenvalue weighted by Crippen LogP contribution is 2.29. The Labute approximate surface area is 188 Å². The third-order valence-corrected chi connectivity index (χ3v) is 5.52. The lowest BCUT2D eigenvalue weighted by Gasteiger charge is -2.17. The summed E-state index contributed by atoms with van der Waals surface area (Å²) in [5.74, 6) is -0.547. The lowest BCUT2D eigenvalue weighted by Crippen LogP contribution is -2.36. The summed E-state index contributed by atoms with van der Waals surface area (Å²) >= 11 is 13.7. The number of hydrogen-bond donors (Lipinski definition) is 2. The second-order valence-electron chi connectivity index (χ2n) is 6.70. The molecule has 0 saturated carbocycles. The van der Waals surface area contributed by atoms with Crippen molar-refractivity contribution in [3.8, 4) is 11.3 Å². The molecule has 0 unspecified atom stereocenters. The fraction of sp³-hybridized carbons (Fsp3) is 0.190. The molecule has 2 aromatic carbocycles. The second-order valence-corrected chi connectivity index (χ2v) is 8.57. The molecule has 3 rings (SSSR count). The predicted molar refractivity (Wildman–Crippen MR) is 124 cm³/mol. The van der Waals surface area contributed by atoms with Gasteiger partial charge in [-0.25, -0.2) is 4.98 Å². The van der Waals surface area contributed by atoms with E-state index < -0.39 is 0 Å². The zero-order valence-corrected chi connectivity index (χ0v) is 18.7. The molecule has 0 radical (unpaired) electrons. The highest BCUT2D eigenvalue weighted by molar-refractivity contribution is 7.09. The minimum Gasteiger partial charge on any atom is -0.325 e. The number of hydrogen-bond acceptors (Lipinski definition) is 5. The molecule has 2 amide bonds. The molecule has 156 valence electrons. The van der Waals surface area contributed by atoms with Gasteiger partial charge >= 0.3 is 0 Å². The van der Waals surface area contributed by atoms with Crippen molar-refractivity contribution in [1.82, 2.24) is 9.88 Å². The number of carbonyl (C=O) groups is 2. The lowest BCUT2D eigenvalue weighted by atomic mass is 10.1. The van der Waals surface area contributed by atoms with Crippen molar-refractivity contribution in [2.75, 3.05) is 30.8 Å². The Morgan fingerprint density at radius 3 is 2.30 bits per heavy atom. The van der Waals surface area contributed by atoms with E-state index in [1.165, 1.54) is 0 Å². The zero-order chi connectivity index (χ0) is 21.7. The van der Waals surface area contributed by atoms with Crippen molar-refractivity contribution in [2.45, 2.75) is 6.92 Å². The summed E-state index contributed by atoms with van der Waals surface area (Å²) in [6.07, 6.45) is 0. The fourth-order valence-corrected chi connectivity index (χ4v) is 3.91. The van der Waals surface area contributed by atoms with E-state index >= 15 is 0 Å². The maximum absolute atomic E-state index is 12.4. The van der Waals surface area contributed by atoms with Crippen LogP contribution in [0.15, 0.2) is 47.8 Å². The fourth-order valence-electron chi connectivity index (χ4n) is 2.80. The summed E-state index contributed by atoms with van der Waals surface area (Å²) in [4.78, 5) is 30.7. The standard InChI is InChI=1S/C21H20Cl2N4O2S/c1-13-24-18(12-30-13)14-5-3-6-15(9-14)25-19(28)10-27(2)11-20(29)26-21-16(22)7-4-8-17(21)23/h3-9,12H,10-11H2,1-2H3,(H,25,28)(H,26,29). The van der Waals surface area contributed by atoms with E-state index in [-0.39, 0.29) is 24.9 Å². The summed E-state index contributed by atoms with van der Waals surface area (Å²) in [5, 5.41) is 9.20. The number of carbonyl (C=O) groups excluding carboxylic acids is 2. The minimum atomic E-state index is -0.318. The van der Waals surface area contributed by atoms with Crippen molar-refractivity contribution >= 4 is 57.7 Å². The van der Waals surface area contributed by atoms with Crippen LogP contribution in [0.25, 0.3) is 11.3 Å². The Kier molecular flexibility index (Phi) is 7.44. The molecule has 6 nitrogen and oxygen atoms in total. The normalized spacial score (nSPS) is 10.8. The molecule has 30 heavy (non-hydrogen) atoms. The summed E-state index contributed by atoms with van der Waals surface area (Å²) in [6.45, 7) is 2.00. The van der Waals surface area contributed by atoms with Gasteiger partial charge in [-0.15, -0.1) is 11.3 Å². The van der Waals surface area contributed by atoms with Crippen molar-refractivity contribution < 1.29 is 9.59 Å². The van der Waals surface area contributed by atoms with Crippen LogP contribution in [-0.2, 0) is 9.59 Å². The van der Waals surface area contributed by atoms with Crippen LogP contribution in [0.1, 0.15) is 5.01 Å². The summed E-state index contributed by atoms with van der Waals surface area (Å²) in [7, 11) is 1.68. The summed E-state index contributed by atoms with van der Waals surface area (Å²) in [6, 6.07) is 12.5. The van der Waals surface area contributed by atoms with Gasteiger partial charge in [-0.1, -0.05) is 41.4 Å². The SMILES string of the molecule is Cc1nc(-c2cccc(NC(=O)CN(C)CC(=O)Nc3c(Cl)cccc3Cl)c2)cs1. The van der Waals surface area contributed by atoms with Crippen LogP contribution >= 0.6 is 34.5 Å². The largest absolute Gasteiger partial charge is 0.325 e. The van der Waals surface area contributed by atoms with Crippen molar-refractivity contribution in [3.63, 3.8) is 0 Å². The average molecular weight is 463 g/mol. The van der Waals surface area contributed by atoms with Gasteiger partial charge in [0.05, 0.1) is 39.5 Å². The Morgan fingerprint density at radius 1 is 1.03 bits per heavy atom. The number of anilines is 2. The molecule has 1 heterocycles. The number of nitrogens with zero attached hydrogens (tertiary/aromatic N) is 2. The number of halogens is 2. The third-order valence-electron chi connectivity index (χ3n) is 4.12. The highest BCUT2D eigenvalue weighted by atomic mass is 35.5. The topological polar surface area (TPSA) is 74.3 Å². The number of para-hydroxylation sites is 1. The Hall–Kier alpha value is -2.45. The number of aromatic nitrogens is 1. The van der Waals surface area contributed by atoms with Crippen LogP contribution in [0.3, 0.4) is 0 Å². The molecule has 3 aromatic rings. The molecule has 0 atom stereocenters. The van der Waals surface area contributed by atoms with Gasteiger partial charge in [0.25, 0.3) is 0 Å². The van der Waals surface area contributed by atoms with Gasteiger partial charge in [-0.3, -0.25) is 14.5 Å². The predicted octanol–water partition coefficient (Wildman–Crippen LogP) is 4.93. The Morgan fingerprint density at radius 2 is 1.67 bits per heavy atom. The van der Waals surface area contributed by atoms with E-state index in [1.807, 2.05) is 36.6 Å². The van der Waals surface area contributed by atoms with E-state index in [9.17, 15) is 9.59 Å². The molecule has 0 spiro atoms. The quantitative estimate of drug-likeness (QED) is 0.521. The van der Waals surface area contributed by atoms with Gasteiger partial charge in [-0.05, 0) is 38.2 Å². The monoisotopic (exact) mass is 462 g/mol. The summed E-state index contributed by atoms with van der Waals surface area (Å²) in [5.41, 5.74) is 2.84. The number of amides is 2. The number of likely N-dealkylation sites (N-methyl/N-ethyl adjacent to an activating group) is 1. The van der Waals surface area contributed by atoms with Gasteiger partial charge in [0.2, 0.25) is 11.8 Å². The summed E-state index contributed by atoms with van der Waals surface area (Å²) < 4.78 is 0. The molecule has 0 bridgehead atoms. The number of aryl methyl sites for hydroxylation is 1. The van der Waals surface area contributed by atoms with Crippen molar-refractivity contribution in [1.29, 1.82) is 0 Å². The van der Waals surface area contributed by atoms with E-state index in [4.69, 9.17) is 23.2 Å². The first kappa shape index (κ1) is 22.2. The van der Waals surface area contributed by atoms with Crippen molar-refractivity contribution in [2.24, 2.45) is 0 Å². The van der Waals surface area contributed by atoms with Gasteiger partial charge < -0.3 is 10.6 Å².